The van der Waals surface area contributed by atoms with Gasteiger partial charge < -0.3 is 14.8 Å². The van der Waals surface area contributed by atoms with Crippen LogP contribution in [0.25, 0.3) is 0 Å². The van der Waals surface area contributed by atoms with E-state index in [1.807, 2.05) is 18.6 Å². The quantitative estimate of drug-likeness (QED) is 0.335. The molecule has 38 heavy (non-hydrogen) atoms. The number of carbonyl (C=O) groups excluding carboxylic acids is 3. The van der Waals surface area contributed by atoms with Gasteiger partial charge in [-0.25, -0.2) is 22.9 Å². The average Bonchev–Trinajstić information content (AvgIpc) is 2.92. The molecule has 200 valence electrons. The minimum absolute atomic E-state index is 0.0177. The number of nitrogens with one attached hydrogen (secondary N) is 2. The summed E-state index contributed by atoms with van der Waals surface area (Å²) >= 11 is 0. The number of pyridine rings is 1. The van der Waals surface area contributed by atoms with Gasteiger partial charge in [-0.05, 0) is 73.9 Å². The fraction of sp³-hybridized carbons (Fsp3) is 0.259. The van der Waals surface area contributed by atoms with Crippen LogP contribution in [0.15, 0.2) is 71.8 Å². The summed E-state index contributed by atoms with van der Waals surface area (Å²) < 4.78 is 37.6. The Morgan fingerprint density at radius 2 is 1.55 bits per heavy atom. The third-order valence-electron chi connectivity index (χ3n) is 5.26. The SMILES string of the molecule is CCCOC(=O)c1ccc(C(=O)NS(=O)(=O)c2ccc(CCNC(=O)c3ccc(OCC)cc3)cc2)cn1. The largest absolute Gasteiger partial charge is 0.494 e. The number of nitrogens with zero attached hydrogens (tertiary/aromatic N) is 1. The van der Waals surface area contributed by atoms with Gasteiger partial charge in [-0.3, -0.25) is 9.59 Å². The van der Waals surface area contributed by atoms with Gasteiger partial charge in [-0.2, -0.15) is 0 Å². The first kappa shape index (κ1) is 28.3. The predicted molar refractivity (Wildman–Crippen MR) is 140 cm³/mol. The van der Waals surface area contributed by atoms with Crippen LogP contribution in [0.5, 0.6) is 5.75 Å². The number of hydrogen-bond donors (Lipinski definition) is 2. The Bertz CT molecular complexity index is 1360. The third-order valence-corrected chi connectivity index (χ3v) is 6.61. The first-order chi connectivity index (χ1) is 18.2. The zero-order valence-electron chi connectivity index (χ0n) is 21.1. The highest BCUT2D eigenvalue weighted by molar-refractivity contribution is 7.90. The topological polar surface area (TPSA) is 141 Å². The summed E-state index contributed by atoms with van der Waals surface area (Å²) in [6.07, 6.45) is 2.25. The molecule has 0 saturated carbocycles. The summed E-state index contributed by atoms with van der Waals surface area (Å²) in [6, 6.07) is 15.4. The molecule has 2 N–H and O–H groups in total. The Balaban J connectivity index is 1.52. The molecule has 3 rings (SSSR count). The fourth-order valence-electron chi connectivity index (χ4n) is 3.28. The van der Waals surface area contributed by atoms with E-state index in [4.69, 9.17) is 9.47 Å². The molecule has 3 aromatic rings. The van der Waals surface area contributed by atoms with Crippen LogP contribution >= 0.6 is 0 Å². The van der Waals surface area contributed by atoms with E-state index in [9.17, 15) is 22.8 Å². The van der Waals surface area contributed by atoms with Crippen molar-refractivity contribution in [1.82, 2.24) is 15.0 Å². The second-order valence-electron chi connectivity index (χ2n) is 8.11. The molecule has 0 bridgehead atoms. The van der Waals surface area contributed by atoms with Crippen molar-refractivity contribution < 1.29 is 32.3 Å². The normalized spacial score (nSPS) is 10.9. The van der Waals surface area contributed by atoms with Gasteiger partial charge in [-0.15, -0.1) is 0 Å². The van der Waals surface area contributed by atoms with Crippen molar-refractivity contribution in [3.8, 4) is 5.75 Å². The van der Waals surface area contributed by atoms with Crippen LogP contribution in [0.1, 0.15) is 57.0 Å². The number of amides is 2. The lowest BCUT2D eigenvalue weighted by molar-refractivity contribution is 0.0497. The number of sulfonamides is 1. The summed E-state index contributed by atoms with van der Waals surface area (Å²) in [7, 11) is -4.14. The Morgan fingerprint density at radius 3 is 2.16 bits per heavy atom. The van der Waals surface area contributed by atoms with Crippen molar-refractivity contribution in [2.45, 2.75) is 31.6 Å². The van der Waals surface area contributed by atoms with Crippen molar-refractivity contribution in [2.75, 3.05) is 19.8 Å². The number of rotatable bonds is 12. The first-order valence-corrected chi connectivity index (χ1v) is 13.5. The van der Waals surface area contributed by atoms with Gasteiger partial charge in [0.25, 0.3) is 21.8 Å². The molecular formula is C27H29N3O7S. The molecule has 1 aromatic heterocycles. The van der Waals surface area contributed by atoms with Gasteiger partial charge in [0.2, 0.25) is 0 Å². The predicted octanol–water partition coefficient (Wildman–Crippen LogP) is 3.14. The van der Waals surface area contributed by atoms with Gasteiger partial charge in [0.15, 0.2) is 0 Å². The molecule has 0 radical (unpaired) electrons. The molecule has 2 aromatic carbocycles. The number of benzene rings is 2. The molecule has 2 amide bonds. The Kier molecular flexibility index (Phi) is 9.94. The zero-order valence-corrected chi connectivity index (χ0v) is 21.9. The molecule has 0 aliphatic carbocycles. The second kappa shape index (κ2) is 13.3. The number of aromatic nitrogens is 1. The van der Waals surface area contributed by atoms with E-state index in [-0.39, 0.29) is 28.7 Å². The maximum atomic E-state index is 12.7. The molecule has 0 unspecified atom stereocenters. The van der Waals surface area contributed by atoms with E-state index >= 15 is 0 Å². The van der Waals surface area contributed by atoms with E-state index in [0.717, 1.165) is 11.8 Å². The smallest absolute Gasteiger partial charge is 0.356 e. The molecule has 0 aliphatic rings. The highest BCUT2D eigenvalue weighted by Gasteiger charge is 2.20. The average molecular weight is 540 g/mol. The Hall–Kier alpha value is -4.25. The first-order valence-electron chi connectivity index (χ1n) is 12.0. The Morgan fingerprint density at radius 1 is 0.868 bits per heavy atom. The van der Waals surface area contributed by atoms with Crippen LogP contribution in [0.3, 0.4) is 0 Å². The van der Waals surface area contributed by atoms with Crippen molar-refractivity contribution in [3.63, 3.8) is 0 Å². The lowest BCUT2D eigenvalue weighted by atomic mass is 10.1. The monoisotopic (exact) mass is 539 g/mol. The van der Waals surface area contributed by atoms with Crippen LogP contribution in [0, 0.1) is 0 Å². The van der Waals surface area contributed by atoms with Gasteiger partial charge in [0.05, 0.1) is 23.7 Å². The summed E-state index contributed by atoms with van der Waals surface area (Å²) in [5.41, 5.74) is 1.30. The number of esters is 1. The summed E-state index contributed by atoms with van der Waals surface area (Å²) in [5.74, 6) is -1.04. The van der Waals surface area contributed by atoms with Crippen molar-refractivity contribution in [3.05, 3.63) is 89.2 Å². The minimum atomic E-state index is -4.14. The lowest BCUT2D eigenvalue weighted by Gasteiger charge is -2.09. The van der Waals surface area contributed by atoms with E-state index in [0.29, 0.717) is 37.3 Å². The van der Waals surface area contributed by atoms with E-state index in [1.165, 1.54) is 24.3 Å². The lowest BCUT2D eigenvalue weighted by Crippen LogP contribution is -2.30. The summed E-state index contributed by atoms with van der Waals surface area (Å²) in [6.45, 7) is 4.88. The molecule has 0 saturated heterocycles. The number of hydrogen-bond acceptors (Lipinski definition) is 8. The van der Waals surface area contributed by atoms with E-state index in [1.54, 1.807) is 36.4 Å². The molecular weight excluding hydrogens is 510 g/mol. The highest BCUT2D eigenvalue weighted by Crippen LogP contribution is 2.14. The maximum absolute atomic E-state index is 12.7. The van der Waals surface area contributed by atoms with Crippen molar-refractivity contribution in [2.24, 2.45) is 0 Å². The van der Waals surface area contributed by atoms with Crippen LogP contribution in [-0.4, -0.2) is 50.9 Å². The van der Waals surface area contributed by atoms with Crippen LogP contribution < -0.4 is 14.8 Å². The highest BCUT2D eigenvalue weighted by atomic mass is 32.2. The van der Waals surface area contributed by atoms with Crippen molar-refractivity contribution in [1.29, 1.82) is 0 Å². The van der Waals surface area contributed by atoms with E-state index in [2.05, 4.69) is 10.3 Å². The van der Waals surface area contributed by atoms with Crippen LogP contribution in [0.4, 0.5) is 0 Å². The molecule has 0 fully saturated rings. The third kappa shape index (κ3) is 7.87. The summed E-state index contributed by atoms with van der Waals surface area (Å²) in [5, 5.41) is 2.82. The van der Waals surface area contributed by atoms with Crippen LogP contribution in [0.2, 0.25) is 0 Å². The van der Waals surface area contributed by atoms with Gasteiger partial charge >= 0.3 is 5.97 Å². The molecule has 0 atom stereocenters. The van der Waals surface area contributed by atoms with E-state index < -0.39 is 21.9 Å². The number of carbonyl (C=O) groups is 3. The molecule has 11 heteroatoms. The standard InChI is InChI=1S/C27H29N3O7S/c1-3-17-37-27(33)24-14-9-21(18-29-24)26(32)30-38(34,35)23-12-5-19(6-13-23)15-16-28-25(31)20-7-10-22(11-8-20)36-4-2/h5-14,18H,3-4,15-17H2,1-2H3,(H,28,31)(H,30,32). The van der Waals surface area contributed by atoms with Gasteiger partial charge in [0, 0.05) is 18.3 Å². The molecule has 10 nitrogen and oxygen atoms in total. The van der Waals surface area contributed by atoms with Crippen molar-refractivity contribution >= 4 is 27.8 Å². The number of ether oxygens (including phenoxy) is 2. The summed E-state index contributed by atoms with van der Waals surface area (Å²) in [4.78, 5) is 40.3. The molecule has 0 aliphatic heterocycles. The fourth-order valence-corrected chi connectivity index (χ4v) is 4.26. The zero-order chi connectivity index (χ0) is 27.5. The van der Waals surface area contributed by atoms with Gasteiger partial charge in [0.1, 0.15) is 11.4 Å². The maximum Gasteiger partial charge on any atom is 0.356 e. The van der Waals surface area contributed by atoms with Crippen LogP contribution in [-0.2, 0) is 21.2 Å². The Labute approximate surface area is 221 Å². The van der Waals surface area contributed by atoms with Gasteiger partial charge in [-0.1, -0.05) is 19.1 Å². The second-order valence-corrected chi connectivity index (χ2v) is 9.79. The molecule has 1 heterocycles. The minimum Gasteiger partial charge on any atom is -0.494 e. The molecule has 0 spiro atoms.